The van der Waals surface area contributed by atoms with Crippen LogP contribution in [0.15, 0.2) is 12.3 Å². The van der Waals surface area contributed by atoms with Crippen molar-refractivity contribution in [2.75, 3.05) is 13.2 Å². The van der Waals surface area contributed by atoms with Crippen molar-refractivity contribution in [3.05, 3.63) is 23.1 Å². The Balaban J connectivity index is 1.99. The zero-order valence-corrected chi connectivity index (χ0v) is 12.9. The number of halogens is 2. The summed E-state index contributed by atoms with van der Waals surface area (Å²) in [5.74, 6) is 1.45. The number of aromatic nitrogens is 3. The molecule has 0 bridgehead atoms. The van der Waals surface area contributed by atoms with Crippen molar-refractivity contribution in [1.29, 1.82) is 0 Å². The Morgan fingerprint density at radius 1 is 1.45 bits per heavy atom. The van der Waals surface area contributed by atoms with Crippen molar-refractivity contribution in [3.8, 4) is 0 Å². The lowest BCUT2D eigenvalue weighted by molar-refractivity contribution is 0.0613. The molecule has 0 saturated carbocycles. The van der Waals surface area contributed by atoms with Crippen LogP contribution < -0.4 is 0 Å². The minimum Gasteiger partial charge on any atom is -0.381 e. The molecule has 108 valence electrons. The summed E-state index contributed by atoms with van der Waals surface area (Å²) >= 11 is 12.3. The molecule has 1 unspecified atom stereocenters. The lowest BCUT2D eigenvalue weighted by Crippen LogP contribution is -2.21. The van der Waals surface area contributed by atoms with E-state index in [9.17, 15) is 0 Å². The third kappa shape index (κ3) is 2.78. The van der Waals surface area contributed by atoms with Gasteiger partial charge >= 0.3 is 0 Å². The van der Waals surface area contributed by atoms with Crippen LogP contribution in [0.3, 0.4) is 0 Å². The normalized spacial score (nSPS) is 18.6. The van der Waals surface area contributed by atoms with Crippen LogP contribution in [0.4, 0.5) is 0 Å². The Hall–Kier alpha value is -0.840. The molecule has 1 aliphatic heterocycles. The van der Waals surface area contributed by atoms with Gasteiger partial charge in [-0.1, -0.05) is 11.6 Å². The molecule has 1 fully saturated rings. The summed E-state index contributed by atoms with van der Waals surface area (Å²) < 4.78 is 7.55. The van der Waals surface area contributed by atoms with Crippen LogP contribution in [0.25, 0.3) is 11.2 Å². The highest BCUT2D eigenvalue weighted by molar-refractivity contribution is 6.31. The number of hydrogen-bond acceptors (Lipinski definition) is 3. The molecule has 0 aliphatic carbocycles. The highest BCUT2D eigenvalue weighted by Crippen LogP contribution is 2.27. The molecule has 6 heteroatoms. The summed E-state index contributed by atoms with van der Waals surface area (Å²) in [5.41, 5.74) is 1.68. The minimum atomic E-state index is -0.150. The largest absolute Gasteiger partial charge is 0.381 e. The molecular weight excluding hydrogens is 297 g/mol. The first-order chi connectivity index (χ1) is 9.65. The maximum Gasteiger partial charge on any atom is 0.160 e. The fourth-order valence-corrected chi connectivity index (χ4v) is 2.99. The summed E-state index contributed by atoms with van der Waals surface area (Å²) in [5, 5.41) is 0.449. The van der Waals surface area contributed by atoms with Crippen molar-refractivity contribution in [2.24, 2.45) is 5.92 Å². The number of alkyl halides is 1. The third-order valence-electron chi connectivity index (χ3n) is 3.72. The Labute approximate surface area is 128 Å². The monoisotopic (exact) mass is 313 g/mol. The van der Waals surface area contributed by atoms with E-state index in [0.29, 0.717) is 10.9 Å². The second-order valence-corrected chi connectivity index (χ2v) is 6.34. The van der Waals surface area contributed by atoms with Gasteiger partial charge in [0.15, 0.2) is 5.65 Å². The van der Waals surface area contributed by atoms with Crippen LogP contribution in [-0.2, 0) is 11.3 Å². The van der Waals surface area contributed by atoms with Crippen LogP contribution in [0, 0.1) is 5.92 Å². The number of hydrogen-bond donors (Lipinski definition) is 0. The van der Waals surface area contributed by atoms with E-state index in [1.54, 1.807) is 6.20 Å². The van der Waals surface area contributed by atoms with Crippen LogP contribution in [0.2, 0.25) is 5.02 Å². The number of nitrogens with zero attached hydrogens (tertiary/aromatic N) is 3. The lowest BCUT2D eigenvalue weighted by atomic mass is 10.0. The van der Waals surface area contributed by atoms with Gasteiger partial charge < -0.3 is 9.30 Å². The molecule has 4 nitrogen and oxygen atoms in total. The molecular formula is C14H17Cl2N3O. The van der Waals surface area contributed by atoms with E-state index in [1.165, 1.54) is 0 Å². The molecule has 0 amide bonds. The van der Waals surface area contributed by atoms with Gasteiger partial charge in [0.25, 0.3) is 0 Å². The minimum absolute atomic E-state index is 0.150. The predicted octanol–water partition coefficient (Wildman–Crippen LogP) is 3.81. The number of pyridine rings is 1. The molecule has 3 heterocycles. The van der Waals surface area contributed by atoms with E-state index in [4.69, 9.17) is 27.9 Å². The van der Waals surface area contributed by atoms with E-state index in [-0.39, 0.29) is 5.38 Å². The fourth-order valence-electron chi connectivity index (χ4n) is 2.67. The zero-order valence-electron chi connectivity index (χ0n) is 11.4. The number of fused-ring (bicyclic) bond motifs is 1. The molecule has 3 rings (SSSR count). The van der Waals surface area contributed by atoms with Gasteiger partial charge in [0.1, 0.15) is 11.3 Å². The van der Waals surface area contributed by atoms with Crippen molar-refractivity contribution < 1.29 is 4.74 Å². The Morgan fingerprint density at radius 2 is 2.20 bits per heavy atom. The standard InChI is InChI=1S/C14H17Cl2N3O/c1-9(15)13-18-12-6-11(16)7-17-14(12)19(13)8-10-2-4-20-5-3-10/h6-7,9-10H,2-5,8H2,1H3. The summed E-state index contributed by atoms with van der Waals surface area (Å²) in [4.78, 5) is 9.02. The van der Waals surface area contributed by atoms with Gasteiger partial charge in [-0.2, -0.15) is 0 Å². The van der Waals surface area contributed by atoms with Gasteiger partial charge in [0.2, 0.25) is 0 Å². The maximum atomic E-state index is 6.27. The molecule has 1 saturated heterocycles. The summed E-state index contributed by atoms with van der Waals surface area (Å²) in [7, 11) is 0. The second-order valence-electron chi connectivity index (χ2n) is 5.25. The summed E-state index contributed by atoms with van der Waals surface area (Å²) in [6.07, 6.45) is 3.81. The molecule has 2 aromatic rings. The highest BCUT2D eigenvalue weighted by atomic mass is 35.5. The molecule has 0 spiro atoms. The van der Waals surface area contributed by atoms with Gasteiger partial charge in [-0.05, 0) is 31.7 Å². The molecule has 0 N–H and O–H groups in total. The maximum absolute atomic E-state index is 6.27. The van der Waals surface area contributed by atoms with Crippen molar-refractivity contribution in [3.63, 3.8) is 0 Å². The molecule has 0 radical (unpaired) electrons. The summed E-state index contributed by atoms with van der Waals surface area (Å²) in [6, 6.07) is 1.84. The lowest BCUT2D eigenvalue weighted by Gasteiger charge is -2.23. The Bertz CT molecular complexity index is 606. The van der Waals surface area contributed by atoms with E-state index < -0.39 is 0 Å². The number of ether oxygens (including phenoxy) is 1. The van der Waals surface area contributed by atoms with E-state index in [1.807, 2.05) is 13.0 Å². The van der Waals surface area contributed by atoms with Gasteiger partial charge in [-0.3, -0.25) is 0 Å². The van der Waals surface area contributed by atoms with Crippen LogP contribution in [-0.4, -0.2) is 27.7 Å². The van der Waals surface area contributed by atoms with Crippen LogP contribution in [0.1, 0.15) is 31.0 Å². The van der Waals surface area contributed by atoms with Crippen molar-refractivity contribution >= 4 is 34.4 Å². The molecule has 0 aromatic carbocycles. The second kappa shape index (κ2) is 5.88. The molecule has 1 atom stereocenters. The third-order valence-corrected chi connectivity index (χ3v) is 4.12. The Kier molecular flexibility index (Phi) is 4.15. The van der Waals surface area contributed by atoms with E-state index in [0.717, 1.165) is 49.6 Å². The summed E-state index contributed by atoms with van der Waals surface area (Å²) in [6.45, 7) is 4.50. The van der Waals surface area contributed by atoms with Gasteiger partial charge in [0.05, 0.1) is 10.4 Å². The molecule has 1 aliphatic rings. The highest BCUT2D eigenvalue weighted by Gasteiger charge is 2.21. The van der Waals surface area contributed by atoms with Crippen molar-refractivity contribution in [2.45, 2.75) is 31.7 Å². The van der Waals surface area contributed by atoms with Crippen LogP contribution >= 0.6 is 23.2 Å². The number of rotatable bonds is 3. The first-order valence-corrected chi connectivity index (χ1v) is 7.70. The predicted molar refractivity (Wildman–Crippen MR) is 80.3 cm³/mol. The zero-order chi connectivity index (χ0) is 14.1. The van der Waals surface area contributed by atoms with Crippen LogP contribution in [0.5, 0.6) is 0 Å². The molecule has 2 aromatic heterocycles. The average Bonchev–Trinajstić information content (AvgIpc) is 2.78. The molecule has 20 heavy (non-hydrogen) atoms. The van der Waals surface area contributed by atoms with Gasteiger partial charge in [0, 0.05) is 26.0 Å². The number of imidazole rings is 1. The van der Waals surface area contributed by atoms with E-state index >= 15 is 0 Å². The Morgan fingerprint density at radius 3 is 2.90 bits per heavy atom. The van der Waals surface area contributed by atoms with Gasteiger partial charge in [-0.15, -0.1) is 11.6 Å². The van der Waals surface area contributed by atoms with E-state index in [2.05, 4.69) is 14.5 Å². The van der Waals surface area contributed by atoms with Crippen molar-refractivity contribution in [1.82, 2.24) is 14.5 Å². The quantitative estimate of drug-likeness (QED) is 0.809. The first-order valence-electron chi connectivity index (χ1n) is 6.88. The fraction of sp³-hybridized carbons (Fsp3) is 0.571. The smallest absolute Gasteiger partial charge is 0.160 e. The topological polar surface area (TPSA) is 39.9 Å². The average molecular weight is 314 g/mol. The van der Waals surface area contributed by atoms with Gasteiger partial charge in [-0.25, -0.2) is 9.97 Å². The first kappa shape index (κ1) is 14.1. The SMILES string of the molecule is CC(Cl)c1nc2cc(Cl)cnc2n1CC1CCOCC1.